The molecular weight excluding hydrogens is 205 g/mol. The minimum atomic E-state index is -0.194. The van der Waals surface area contributed by atoms with Crippen molar-refractivity contribution in [1.82, 2.24) is 15.3 Å². The summed E-state index contributed by atoms with van der Waals surface area (Å²) >= 11 is 0. The van der Waals surface area contributed by atoms with Crippen molar-refractivity contribution in [1.29, 1.82) is 0 Å². The Morgan fingerprint density at radius 3 is 3.00 bits per heavy atom. The van der Waals surface area contributed by atoms with Crippen LogP contribution in [0.2, 0.25) is 0 Å². The molecule has 3 nitrogen and oxygen atoms in total. The van der Waals surface area contributed by atoms with E-state index in [1.165, 1.54) is 6.07 Å². The molecule has 4 heteroatoms. The van der Waals surface area contributed by atoms with Crippen LogP contribution in [0, 0.1) is 12.7 Å². The fourth-order valence-corrected chi connectivity index (χ4v) is 1.54. The second kappa shape index (κ2) is 4.90. The van der Waals surface area contributed by atoms with Gasteiger partial charge in [0.2, 0.25) is 0 Å². The smallest absolute Gasteiger partial charge is 0.123 e. The third kappa shape index (κ3) is 2.67. The van der Waals surface area contributed by atoms with Gasteiger partial charge in [0.15, 0.2) is 0 Å². The largest absolute Gasteiger partial charge is 0.348 e. The second-order valence-corrected chi connectivity index (χ2v) is 3.71. The van der Waals surface area contributed by atoms with E-state index in [2.05, 4.69) is 15.3 Å². The average molecular weight is 219 g/mol. The maximum Gasteiger partial charge on any atom is 0.123 e. The number of aromatic amines is 1. The summed E-state index contributed by atoms with van der Waals surface area (Å²) in [6.07, 6.45) is 3.49. The number of rotatable bonds is 4. The quantitative estimate of drug-likeness (QED) is 0.827. The van der Waals surface area contributed by atoms with Crippen LogP contribution in [0.3, 0.4) is 0 Å². The highest BCUT2D eigenvalue weighted by molar-refractivity contribution is 5.26. The first-order chi connectivity index (χ1) is 7.75. The molecule has 0 saturated heterocycles. The number of hydrogen-bond acceptors (Lipinski definition) is 2. The molecule has 0 bridgehead atoms. The van der Waals surface area contributed by atoms with E-state index in [1.807, 2.05) is 6.92 Å². The van der Waals surface area contributed by atoms with Gasteiger partial charge in [0, 0.05) is 18.9 Å². The van der Waals surface area contributed by atoms with Gasteiger partial charge in [0.05, 0.1) is 6.54 Å². The number of halogens is 1. The van der Waals surface area contributed by atoms with E-state index in [9.17, 15) is 4.39 Å². The first-order valence-electron chi connectivity index (χ1n) is 5.20. The lowest BCUT2D eigenvalue weighted by Gasteiger charge is -2.06. The molecule has 0 aliphatic heterocycles. The van der Waals surface area contributed by atoms with Crippen LogP contribution >= 0.6 is 0 Å². The molecule has 0 saturated carbocycles. The molecule has 0 spiro atoms. The highest BCUT2D eigenvalue weighted by atomic mass is 19.1. The van der Waals surface area contributed by atoms with Gasteiger partial charge in [0.25, 0.3) is 0 Å². The van der Waals surface area contributed by atoms with Crippen molar-refractivity contribution in [3.63, 3.8) is 0 Å². The average Bonchev–Trinajstić information content (AvgIpc) is 2.76. The zero-order chi connectivity index (χ0) is 11.4. The normalized spacial score (nSPS) is 10.6. The predicted molar refractivity (Wildman–Crippen MR) is 60.3 cm³/mol. The SMILES string of the molecule is Cc1ccc(F)cc1CNCc1ncc[nH]1. The second-order valence-electron chi connectivity index (χ2n) is 3.71. The van der Waals surface area contributed by atoms with E-state index in [4.69, 9.17) is 0 Å². The van der Waals surface area contributed by atoms with Crippen molar-refractivity contribution in [2.45, 2.75) is 20.0 Å². The van der Waals surface area contributed by atoms with Crippen molar-refractivity contribution >= 4 is 0 Å². The van der Waals surface area contributed by atoms with E-state index in [-0.39, 0.29) is 5.82 Å². The number of aromatic nitrogens is 2. The number of hydrogen-bond donors (Lipinski definition) is 2. The van der Waals surface area contributed by atoms with Crippen LogP contribution in [-0.2, 0) is 13.1 Å². The number of nitrogens with one attached hydrogen (secondary N) is 2. The van der Waals surface area contributed by atoms with Crippen LogP contribution in [0.25, 0.3) is 0 Å². The van der Waals surface area contributed by atoms with Crippen LogP contribution in [0.4, 0.5) is 4.39 Å². The lowest BCUT2D eigenvalue weighted by molar-refractivity contribution is 0.616. The van der Waals surface area contributed by atoms with Gasteiger partial charge < -0.3 is 10.3 Å². The van der Waals surface area contributed by atoms with E-state index in [0.29, 0.717) is 13.1 Å². The minimum absolute atomic E-state index is 0.194. The van der Waals surface area contributed by atoms with E-state index >= 15 is 0 Å². The molecule has 2 rings (SSSR count). The molecule has 0 amide bonds. The Hall–Kier alpha value is -1.68. The maximum atomic E-state index is 13.0. The Labute approximate surface area is 93.7 Å². The van der Waals surface area contributed by atoms with Gasteiger partial charge in [-0.05, 0) is 30.2 Å². The van der Waals surface area contributed by atoms with Crippen molar-refractivity contribution in [3.8, 4) is 0 Å². The Bertz CT molecular complexity index is 451. The van der Waals surface area contributed by atoms with E-state index in [1.54, 1.807) is 24.5 Å². The zero-order valence-electron chi connectivity index (χ0n) is 9.13. The molecule has 84 valence electrons. The van der Waals surface area contributed by atoms with Crippen molar-refractivity contribution < 1.29 is 4.39 Å². The molecule has 16 heavy (non-hydrogen) atoms. The molecular formula is C12H14FN3. The number of imidazole rings is 1. The molecule has 0 radical (unpaired) electrons. The standard InChI is InChI=1S/C12H14FN3/c1-9-2-3-11(13)6-10(9)7-14-8-12-15-4-5-16-12/h2-6,14H,7-8H2,1H3,(H,15,16). The molecule has 0 fully saturated rings. The van der Waals surface area contributed by atoms with Crippen LogP contribution in [0.15, 0.2) is 30.6 Å². The number of benzene rings is 1. The molecule has 1 heterocycles. The first kappa shape index (κ1) is 10.8. The summed E-state index contributed by atoms with van der Waals surface area (Å²) < 4.78 is 13.0. The summed E-state index contributed by atoms with van der Waals surface area (Å²) in [7, 11) is 0. The van der Waals surface area contributed by atoms with Gasteiger partial charge >= 0.3 is 0 Å². The Kier molecular flexibility index (Phi) is 3.31. The Morgan fingerprint density at radius 2 is 2.25 bits per heavy atom. The maximum absolute atomic E-state index is 13.0. The molecule has 2 aromatic rings. The van der Waals surface area contributed by atoms with Crippen LogP contribution in [-0.4, -0.2) is 9.97 Å². The Morgan fingerprint density at radius 1 is 1.38 bits per heavy atom. The van der Waals surface area contributed by atoms with Gasteiger partial charge in [-0.15, -0.1) is 0 Å². The summed E-state index contributed by atoms with van der Waals surface area (Å²) in [5.41, 5.74) is 2.07. The molecule has 0 unspecified atom stereocenters. The van der Waals surface area contributed by atoms with Gasteiger partial charge in [0.1, 0.15) is 11.6 Å². The fraction of sp³-hybridized carbons (Fsp3) is 0.250. The molecule has 1 aromatic carbocycles. The van der Waals surface area contributed by atoms with Gasteiger partial charge in [-0.2, -0.15) is 0 Å². The third-order valence-electron chi connectivity index (χ3n) is 2.47. The van der Waals surface area contributed by atoms with Gasteiger partial charge in [-0.3, -0.25) is 0 Å². The third-order valence-corrected chi connectivity index (χ3v) is 2.47. The summed E-state index contributed by atoms with van der Waals surface area (Å²) in [6.45, 7) is 3.27. The van der Waals surface area contributed by atoms with E-state index < -0.39 is 0 Å². The minimum Gasteiger partial charge on any atom is -0.348 e. The number of nitrogens with zero attached hydrogens (tertiary/aromatic N) is 1. The molecule has 0 aliphatic rings. The monoisotopic (exact) mass is 219 g/mol. The molecule has 1 aromatic heterocycles. The molecule has 0 aliphatic carbocycles. The van der Waals surface area contributed by atoms with Crippen LogP contribution in [0.5, 0.6) is 0 Å². The summed E-state index contributed by atoms with van der Waals surface area (Å²) in [4.78, 5) is 7.10. The Balaban J connectivity index is 1.92. The van der Waals surface area contributed by atoms with Gasteiger partial charge in [-0.1, -0.05) is 6.07 Å². The van der Waals surface area contributed by atoms with Crippen molar-refractivity contribution in [2.75, 3.05) is 0 Å². The van der Waals surface area contributed by atoms with E-state index in [0.717, 1.165) is 17.0 Å². The number of aryl methyl sites for hydroxylation is 1. The lowest BCUT2D eigenvalue weighted by Crippen LogP contribution is -2.14. The van der Waals surface area contributed by atoms with Crippen molar-refractivity contribution in [3.05, 3.63) is 53.4 Å². The van der Waals surface area contributed by atoms with Crippen molar-refractivity contribution in [2.24, 2.45) is 0 Å². The van der Waals surface area contributed by atoms with Crippen LogP contribution in [0.1, 0.15) is 17.0 Å². The highest BCUT2D eigenvalue weighted by Gasteiger charge is 2.00. The predicted octanol–water partition coefficient (Wildman–Crippen LogP) is 2.15. The topological polar surface area (TPSA) is 40.7 Å². The zero-order valence-corrected chi connectivity index (χ0v) is 9.13. The van der Waals surface area contributed by atoms with Gasteiger partial charge in [-0.25, -0.2) is 9.37 Å². The highest BCUT2D eigenvalue weighted by Crippen LogP contribution is 2.09. The summed E-state index contributed by atoms with van der Waals surface area (Å²) in [5.74, 6) is 0.689. The first-order valence-corrected chi connectivity index (χ1v) is 5.20. The summed E-state index contributed by atoms with van der Waals surface area (Å²) in [5, 5.41) is 3.21. The summed E-state index contributed by atoms with van der Waals surface area (Å²) in [6, 6.07) is 4.83. The molecule has 2 N–H and O–H groups in total. The van der Waals surface area contributed by atoms with Crippen LogP contribution < -0.4 is 5.32 Å². The molecule has 0 atom stereocenters. The lowest BCUT2D eigenvalue weighted by atomic mass is 10.1. The fourth-order valence-electron chi connectivity index (χ4n) is 1.54. The number of H-pyrrole nitrogens is 1.